The van der Waals surface area contributed by atoms with E-state index in [-0.39, 0.29) is 17.8 Å². The number of carbonyl (C=O) groups is 1. The van der Waals surface area contributed by atoms with E-state index in [0.717, 1.165) is 16.0 Å². The average Bonchev–Trinajstić information content (AvgIpc) is 2.96. The molecule has 0 saturated carbocycles. The number of hydrogen-bond donors (Lipinski definition) is 0. The molecular weight excluding hydrogens is 439 g/mol. The fraction of sp³-hybridized carbons (Fsp3) is 0.500. The van der Waals surface area contributed by atoms with Gasteiger partial charge in [-0.2, -0.15) is 36.4 Å². The Morgan fingerprint density at radius 1 is 1.13 bits per heavy atom. The summed E-state index contributed by atoms with van der Waals surface area (Å²) < 4.78 is 90.9. The molecule has 0 saturated heterocycles. The van der Waals surface area contributed by atoms with Crippen LogP contribution < -0.4 is 4.80 Å². The van der Waals surface area contributed by atoms with Crippen LogP contribution in [0.25, 0.3) is 0 Å². The van der Waals surface area contributed by atoms with Gasteiger partial charge in [-0.05, 0) is 24.6 Å². The maximum atomic E-state index is 13.9. The van der Waals surface area contributed by atoms with Gasteiger partial charge in [0, 0.05) is 18.4 Å². The van der Waals surface area contributed by atoms with E-state index in [4.69, 9.17) is 0 Å². The predicted octanol–water partition coefficient (Wildman–Crippen LogP) is 5.48. The van der Waals surface area contributed by atoms with Crippen LogP contribution in [0.15, 0.2) is 23.2 Å². The average molecular weight is 457 g/mol. The number of hydrogen-bond acceptors (Lipinski definition) is 3. The van der Waals surface area contributed by atoms with Crippen LogP contribution in [-0.4, -0.2) is 21.9 Å². The highest BCUT2D eigenvalue weighted by molar-refractivity contribution is 7.09. The molecule has 1 amide bonds. The molecule has 0 aliphatic heterocycles. The molecule has 0 N–H and O–H groups in total. The summed E-state index contributed by atoms with van der Waals surface area (Å²) in [6.07, 6.45) is -10.6. The highest BCUT2D eigenvalue weighted by Crippen LogP contribution is 2.30. The smallest absolute Gasteiger partial charge is 0.267 e. The van der Waals surface area contributed by atoms with Crippen molar-refractivity contribution in [3.63, 3.8) is 0 Å². The van der Waals surface area contributed by atoms with Gasteiger partial charge in [0.15, 0.2) is 0 Å². The molecule has 1 heterocycles. The van der Waals surface area contributed by atoms with Crippen LogP contribution >= 0.6 is 11.3 Å². The van der Waals surface area contributed by atoms with E-state index in [1.807, 2.05) is 0 Å². The Kier molecular flexibility index (Phi) is 6.79. The topological polar surface area (TPSA) is 47.2 Å². The SMILES string of the molecule is CC(C)(C)c1nn(CCCC(F)(F)F)/c(=N/C(=O)c2cc(C(F)(F)F)ccc2F)s1. The Bertz CT molecular complexity index is 981. The molecule has 0 aliphatic rings. The van der Waals surface area contributed by atoms with Crippen molar-refractivity contribution in [1.82, 2.24) is 9.78 Å². The van der Waals surface area contributed by atoms with Crippen LogP contribution in [0.4, 0.5) is 30.7 Å². The number of halogens is 7. The first-order valence-corrected chi connectivity index (χ1v) is 9.50. The lowest BCUT2D eigenvalue weighted by atomic mass is 9.98. The summed E-state index contributed by atoms with van der Waals surface area (Å²) in [4.78, 5) is 15.9. The van der Waals surface area contributed by atoms with Gasteiger partial charge in [-0.1, -0.05) is 32.1 Å². The van der Waals surface area contributed by atoms with Gasteiger partial charge in [0.1, 0.15) is 10.8 Å². The van der Waals surface area contributed by atoms with E-state index in [0.29, 0.717) is 23.2 Å². The fourth-order valence-corrected chi connectivity index (χ4v) is 3.27. The molecule has 12 heteroatoms. The zero-order valence-electron chi connectivity index (χ0n) is 16.2. The van der Waals surface area contributed by atoms with Gasteiger partial charge in [0.25, 0.3) is 5.91 Å². The van der Waals surface area contributed by atoms with Crippen LogP contribution in [-0.2, 0) is 18.1 Å². The monoisotopic (exact) mass is 457 g/mol. The molecular formula is C18H18F7N3OS. The summed E-state index contributed by atoms with van der Waals surface area (Å²) in [6.45, 7) is 5.13. The Morgan fingerprint density at radius 3 is 2.30 bits per heavy atom. The molecule has 2 rings (SSSR count). The van der Waals surface area contributed by atoms with Gasteiger partial charge in [-0.25, -0.2) is 9.07 Å². The van der Waals surface area contributed by atoms with Crippen molar-refractivity contribution in [2.45, 2.75) is 57.9 Å². The van der Waals surface area contributed by atoms with Crippen molar-refractivity contribution in [3.8, 4) is 0 Å². The number of nitrogens with zero attached hydrogens (tertiary/aromatic N) is 3. The highest BCUT2D eigenvalue weighted by atomic mass is 32.1. The zero-order chi connectivity index (χ0) is 22.9. The van der Waals surface area contributed by atoms with Gasteiger partial charge in [-0.15, -0.1) is 0 Å². The minimum absolute atomic E-state index is 0.121. The van der Waals surface area contributed by atoms with Gasteiger partial charge in [0.05, 0.1) is 11.1 Å². The van der Waals surface area contributed by atoms with E-state index in [9.17, 15) is 35.5 Å². The lowest BCUT2D eigenvalue weighted by molar-refractivity contribution is -0.138. The quantitative estimate of drug-likeness (QED) is 0.571. The lowest BCUT2D eigenvalue weighted by Crippen LogP contribution is -2.21. The van der Waals surface area contributed by atoms with Crippen molar-refractivity contribution in [1.29, 1.82) is 0 Å². The number of amides is 1. The Morgan fingerprint density at radius 2 is 1.77 bits per heavy atom. The first kappa shape index (κ1) is 24.0. The van der Waals surface area contributed by atoms with Crippen LogP contribution in [0.1, 0.15) is 54.5 Å². The molecule has 2 aromatic rings. The van der Waals surface area contributed by atoms with Gasteiger partial charge < -0.3 is 0 Å². The molecule has 166 valence electrons. The third kappa shape index (κ3) is 6.38. The summed E-state index contributed by atoms with van der Waals surface area (Å²) >= 11 is 0.901. The molecule has 1 aromatic heterocycles. The van der Waals surface area contributed by atoms with E-state index in [1.54, 1.807) is 20.8 Å². The van der Waals surface area contributed by atoms with Crippen LogP contribution in [0.5, 0.6) is 0 Å². The van der Waals surface area contributed by atoms with E-state index >= 15 is 0 Å². The van der Waals surface area contributed by atoms with Crippen molar-refractivity contribution in [2.24, 2.45) is 4.99 Å². The fourth-order valence-electron chi connectivity index (χ4n) is 2.28. The number of aromatic nitrogens is 2. The second-order valence-electron chi connectivity index (χ2n) is 7.49. The van der Waals surface area contributed by atoms with E-state index in [2.05, 4.69) is 10.1 Å². The Labute approximate surface area is 171 Å². The number of aryl methyl sites for hydroxylation is 1. The molecule has 0 atom stereocenters. The lowest BCUT2D eigenvalue weighted by Gasteiger charge is -2.12. The summed E-state index contributed by atoms with van der Waals surface area (Å²) in [5.41, 5.74) is -2.63. The first-order chi connectivity index (χ1) is 13.6. The second kappa shape index (κ2) is 8.48. The van der Waals surface area contributed by atoms with E-state index in [1.165, 1.54) is 0 Å². The van der Waals surface area contributed by atoms with Crippen LogP contribution in [0.2, 0.25) is 0 Å². The minimum atomic E-state index is -4.79. The minimum Gasteiger partial charge on any atom is -0.267 e. The standard InChI is InChI=1S/C18H18F7N3OS/c1-16(2,3)14-27-28(8-4-7-17(20,21)22)15(30-14)26-13(29)11-9-10(18(23,24)25)5-6-12(11)19/h5-6,9H,4,7-8H2,1-3H3/b26-15-. The van der Waals surface area contributed by atoms with Crippen molar-refractivity contribution >= 4 is 17.2 Å². The molecule has 4 nitrogen and oxygen atoms in total. The first-order valence-electron chi connectivity index (χ1n) is 8.69. The number of rotatable bonds is 4. The molecule has 0 bridgehead atoms. The molecule has 0 unspecified atom stereocenters. The Hall–Kier alpha value is -2.24. The summed E-state index contributed by atoms with van der Waals surface area (Å²) in [5, 5.41) is 4.62. The maximum absolute atomic E-state index is 13.9. The van der Waals surface area contributed by atoms with Crippen molar-refractivity contribution in [3.05, 3.63) is 45.0 Å². The van der Waals surface area contributed by atoms with Gasteiger partial charge in [0.2, 0.25) is 4.80 Å². The largest absolute Gasteiger partial charge is 0.416 e. The molecule has 0 aliphatic carbocycles. The third-order valence-electron chi connectivity index (χ3n) is 3.81. The molecule has 1 aromatic carbocycles. The molecule has 0 spiro atoms. The predicted molar refractivity (Wildman–Crippen MR) is 95.4 cm³/mol. The summed E-state index contributed by atoms with van der Waals surface area (Å²) in [5.74, 6) is -2.48. The van der Waals surface area contributed by atoms with Crippen molar-refractivity contribution in [2.75, 3.05) is 0 Å². The van der Waals surface area contributed by atoms with Crippen molar-refractivity contribution < 1.29 is 35.5 Å². The number of alkyl halides is 6. The van der Waals surface area contributed by atoms with Crippen LogP contribution in [0.3, 0.4) is 0 Å². The van der Waals surface area contributed by atoms with E-state index < -0.39 is 47.0 Å². The third-order valence-corrected chi connectivity index (χ3v) is 5.19. The maximum Gasteiger partial charge on any atom is 0.416 e. The number of benzene rings is 1. The van der Waals surface area contributed by atoms with Gasteiger partial charge >= 0.3 is 12.4 Å². The second-order valence-corrected chi connectivity index (χ2v) is 8.45. The molecule has 0 radical (unpaired) electrons. The van der Waals surface area contributed by atoms with Crippen LogP contribution in [0, 0.1) is 5.82 Å². The normalized spacial score (nSPS) is 13.7. The molecule has 30 heavy (non-hydrogen) atoms. The summed E-state index contributed by atoms with van der Waals surface area (Å²) in [6, 6.07) is 1.35. The Balaban J connectivity index is 2.46. The zero-order valence-corrected chi connectivity index (χ0v) is 17.0. The summed E-state index contributed by atoms with van der Waals surface area (Å²) in [7, 11) is 0. The van der Waals surface area contributed by atoms with Gasteiger partial charge in [-0.3, -0.25) is 4.79 Å². The molecule has 0 fully saturated rings. The highest BCUT2D eigenvalue weighted by Gasteiger charge is 2.32. The number of carbonyl (C=O) groups excluding carboxylic acids is 1.